The number of carbonyl (C=O) groups is 2. The third kappa shape index (κ3) is 9.15. The summed E-state index contributed by atoms with van der Waals surface area (Å²) in [6.45, 7) is 9.26. The Balaban J connectivity index is 4.64. The van der Waals surface area contributed by atoms with Gasteiger partial charge in [-0.15, -0.1) is 0 Å². The van der Waals surface area contributed by atoms with Crippen molar-refractivity contribution in [1.82, 2.24) is 5.32 Å². The van der Waals surface area contributed by atoms with Gasteiger partial charge in [0.2, 0.25) is 0 Å². The summed E-state index contributed by atoms with van der Waals surface area (Å²) in [6.07, 6.45) is 1.67. The molecule has 0 saturated heterocycles. The van der Waals surface area contributed by atoms with Crippen LogP contribution in [0.25, 0.3) is 0 Å². The topological polar surface area (TPSA) is 95.9 Å². The number of hydrogen-bond acceptors (Lipinski definition) is 5. The summed E-state index contributed by atoms with van der Waals surface area (Å²) in [7, 11) is 0. The maximum Gasteiger partial charge on any atom is 0.408 e. The van der Waals surface area contributed by atoms with Gasteiger partial charge in [0.25, 0.3) is 0 Å². The summed E-state index contributed by atoms with van der Waals surface area (Å²) >= 11 is 1.46. The number of aliphatic hydroxyl groups is 1. The molecular weight excluding hydrogens is 306 g/mol. The van der Waals surface area contributed by atoms with E-state index in [4.69, 9.17) is 9.84 Å². The molecule has 0 saturated carbocycles. The maximum absolute atomic E-state index is 11.7. The highest BCUT2D eigenvalue weighted by molar-refractivity contribution is 8.00. The van der Waals surface area contributed by atoms with Crippen molar-refractivity contribution in [2.24, 2.45) is 0 Å². The lowest BCUT2D eigenvalue weighted by molar-refractivity contribution is -0.138. The third-order valence-electron chi connectivity index (χ3n) is 3.01. The number of carboxylic acids is 1. The highest BCUT2D eigenvalue weighted by Gasteiger charge is 2.29. The van der Waals surface area contributed by atoms with Crippen molar-refractivity contribution in [2.75, 3.05) is 12.4 Å². The molecular formula is C15H29NO5S. The first kappa shape index (κ1) is 21.0. The van der Waals surface area contributed by atoms with Gasteiger partial charge in [-0.05, 0) is 33.6 Å². The number of hydrogen-bond donors (Lipinski definition) is 3. The van der Waals surface area contributed by atoms with E-state index in [1.54, 1.807) is 20.8 Å². The monoisotopic (exact) mass is 335 g/mol. The van der Waals surface area contributed by atoms with Crippen molar-refractivity contribution in [3.05, 3.63) is 0 Å². The molecule has 1 amide bonds. The predicted octanol–water partition coefficient (Wildman–Crippen LogP) is 2.64. The first-order valence-corrected chi connectivity index (χ1v) is 8.48. The van der Waals surface area contributed by atoms with E-state index in [-0.39, 0.29) is 17.1 Å². The molecule has 6 nitrogen and oxygen atoms in total. The number of ether oxygens (including phenoxy) is 1. The van der Waals surface area contributed by atoms with Crippen LogP contribution in [0.1, 0.15) is 53.9 Å². The van der Waals surface area contributed by atoms with Crippen LogP contribution in [-0.4, -0.2) is 51.0 Å². The van der Waals surface area contributed by atoms with Gasteiger partial charge in [-0.1, -0.05) is 20.3 Å². The number of thioether (sulfide) groups is 1. The summed E-state index contributed by atoms with van der Waals surface area (Å²) in [5.41, 5.74) is -0.673. The number of alkyl carbamates (subject to hydrolysis) is 1. The molecule has 0 radical (unpaired) electrons. The number of amides is 1. The van der Waals surface area contributed by atoms with Gasteiger partial charge in [-0.3, -0.25) is 0 Å². The largest absolute Gasteiger partial charge is 0.480 e. The molecule has 0 bridgehead atoms. The van der Waals surface area contributed by atoms with E-state index in [2.05, 4.69) is 5.32 Å². The molecule has 22 heavy (non-hydrogen) atoms. The standard InChI is InChI=1S/C15H29NO5S/c1-6-7-15(5,8-9-17)22-10-11(12(18)19)16-13(20)21-14(2,3)4/h11,17H,6-10H2,1-5H3,(H,16,20)(H,18,19)/t11-,15?/m0/s1. The molecule has 0 aromatic heterocycles. The van der Waals surface area contributed by atoms with Crippen LogP contribution >= 0.6 is 11.8 Å². The number of rotatable bonds is 9. The zero-order chi connectivity index (χ0) is 17.4. The van der Waals surface area contributed by atoms with Gasteiger partial charge in [0.05, 0.1) is 0 Å². The van der Waals surface area contributed by atoms with Crippen molar-refractivity contribution in [2.45, 2.75) is 70.3 Å². The number of aliphatic hydroxyl groups excluding tert-OH is 1. The van der Waals surface area contributed by atoms with Crippen LogP contribution in [0.4, 0.5) is 4.79 Å². The SMILES string of the molecule is CCCC(C)(CCO)SC[C@H](NC(=O)OC(C)(C)C)C(=O)O. The molecule has 0 heterocycles. The average molecular weight is 335 g/mol. The predicted molar refractivity (Wildman–Crippen MR) is 88.3 cm³/mol. The van der Waals surface area contributed by atoms with Gasteiger partial charge in [0.15, 0.2) is 0 Å². The summed E-state index contributed by atoms with van der Waals surface area (Å²) in [5, 5.41) is 20.8. The van der Waals surface area contributed by atoms with E-state index in [9.17, 15) is 14.7 Å². The lowest BCUT2D eigenvalue weighted by Crippen LogP contribution is -2.45. The lowest BCUT2D eigenvalue weighted by atomic mass is 10.0. The molecule has 7 heteroatoms. The summed E-state index contributed by atoms with van der Waals surface area (Å²) in [4.78, 5) is 23.0. The van der Waals surface area contributed by atoms with Gasteiger partial charge in [-0.2, -0.15) is 11.8 Å². The molecule has 0 spiro atoms. The van der Waals surface area contributed by atoms with Crippen LogP contribution in [-0.2, 0) is 9.53 Å². The molecule has 0 rings (SSSR count). The summed E-state index contributed by atoms with van der Waals surface area (Å²) in [5.74, 6) is -0.869. The van der Waals surface area contributed by atoms with Crippen LogP contribution in [0.3, 0.4) is 0 Å². The first-order chi connectivity index (χ1) is 10.0. The van der Waals surface area contributed by atoms with Gasteiger partial charge in [0.1, 0.15) is 11.6 Å². The van der Waals surface area contributed by atoms with Crippen molar-refractivity contribution >= 4 is 23.8 Å². The highest BCUT2D eigenvalue weighted by Crippen LogP contribution is 2.33. The fourth-order valence-electron chi connectivity index (χ4n) is 1.94. The van der Waals surface area contributed by atoms with Crippen LogP contribution < -0.4 is 5.32 Å². The lowest BCUT2D eigenvalue weighted by Gasteiger charge is -2.29. The van der Waals surface area contributed by atoms with Crippen LogP contribution in [0.5, 0.6) is 0 Å². The van der Waals surface area contributed by atoms with Gasteiger partial charge in [0, 0.05) is 17.1 Å². The molecule has 0 aliphatic rings. The second-order valence-electron chi connectivity index (χ2n) is 6.52. The van der Waals surface area contributed by atoms with Gasteiger partial charge in [-0.25, -0.2) is 9.59 Å². The van der Waals surface area contributed by atoms with Crippen molar-refractivity contribution < 1.29 is 24.5 Å². The van der Waals surface area contributed by atoms with Gasteiger partial charge >= 0.3 is 12.1 Å². The molecule has 130 valence electrons. The molecule has 0 fully saturated rings. The van der Waals surface area contributed by atoms with E-state index < -0.39 is 23.7 Å². The minimum Gasteiger partial charge on any atom is -0.480 e. The van der Waals surface area contributed by atoms with E-state index in [1.807, 2.05) is 13.8 Å². The Hall–Kier alpha value is -0.950. The zero-order valence-electron chi connectivity index (χ0n) is 14.1. The Kier molecular flexibility index (Phi) is 8.85. The first-order valence-electron chi connectivity index (χ1n) is 7.50. The van der Waals surface area contributed by atoms with Crippen molar-refractivity contribution in [3.8, 4) is 0 Å². The normalized spacial score (nSPS) is 15.7. The number of aliphatic carboxylic acids is 1. The zero-order valence-corrected chi connectivity index (χ0v) is 15.0. The quantitative estimate of drug-likeness (QED) is 0.599. The minimum atomic E-state index is -1.10. The fraction of sp³-hybridized carbons (Fsp3) is 0.867. The molecule has 1 unspecified atom stereocenters. The van der Waals surface area contributed by atoms with E-state index in [0.29, 0.717) is 6.42 Å². The van der Waals surface area contributed by atoms with E-state index in [1.165, 1.54) is 11.8 Å². The highest BCUT2D eigenvalue weighted by atomic mass is 32.2. The maximum atomic E-state index is 11.7. The fourth-order valence-corrected chi connectivity index (χ4v) is 3.32. The van der Waals surface area contributed by atoms with Gasteiger partial charge < -0.3 is 20.3 Å². The molecule has 0 aliphatic carbocycles. The second kappa shape index (κ2) is 9.25. The van der Waals surface area contributed by atoms with Crippen LogP contribution in [0.15, 0.2) is 0 Å². The third-order valence-corrected chi connectivity index (χ3v) is 4.61. The van der Waals surface area contributed by atoms with Crippen LogP contribution in [0, 0.1) is 0 Å². The number of nitrogens with one attached hydrogen (secondary N) is 1. The number of carbonyl (C=O) groups excluding carboxylic acids is 1. The molecule has 3 N–H and O–H groups in total. The molecule has 0 aliphatic heterocycles. The molecule has 0 aromatic rings. The Labute approximate surface area is 137 Å². The Bertz CT molecular complexity index is 361. The Morgan fingerprint density at radius 3 is 2.23 bits per heavy atom. The van der Waals surface area contributed by atoms with E-state index >= 15 is 0 Å². The van der Waals surface area contributed by atoms with Crippen LogP contribution in [0.2, 0.25) is 0 Å². The Morgan fingerprint density at radius 2 is 1.82 bits per heavy atom. The minimum absolute atomic E-state index is 0.0563. The van der Waals surface area contributed by atoms with Crippen molar-refractivity contribution in [1.29, 1.82) is 0 Å². The summed E-state index contributed by atoms with van der Waals surface area (Å²) < 4.78 is 4.88. The molecule has 2 atom stereocenters. The Morgan fingerprint density at radius 1 is 1.23 bits per heavy atom. The number of carboxylic acid groups (broad SMARTS) is 1. The smallest absolute Gasteiger partial charge is 0.408 e. The summed E-state index contributed by atoms with van der Waals surface area (Å²) in [6, 6.07) is -1.02. The second-order valence-corrected chi connectivity index (χ2v) is 8.13. The molecule has 0 aromatic carbocycles. The average Bonchev–Trinajstić information content (AvgIpc) is 2.32. The van der Waals surface area contributed by atoms with E-state index in [0.717, 1.165) is 12.8 Å². The van der Waals surface area contributed by atoms with Crippen molar-refractivity contribution in [3.63, 3.8) is 0 Å².